The SMILES string of the molecule is C[C@]12CC[C@@H]3c4ccc(C(=O)c5ccccc5)cc4CC[C@H]3[C@@H]1CCC2=O. The number of fused-ring (bicyclic) bond motifs is 5. The van der Waals surface area contributed by atoms with Gasteiger partial charge in [-0.05, 0) is 67.1 Å². The molecule has 27 heavy (non-hydrogen) atoms. The van der Waals surface area contributed by atoms with E-state index in [1.165, 1.54) is 11.1 Å². The van der Waals surface area contributed by atoms with Gasteiger partial charge >= 0.3 is 0 Å². The maximum Gasteiger partial charge on any atom is 0.193 e. The Hall–Kier alpha value is -2.22. The number of ketones is 2. The Morgan fingerprint density at radius 2 is 1.78 bits per heavy atom. The van der Waals surface area contributed by atoms with E-state index in [1.807, 2.05) is 36.4 Å². The number of hydrogen-bond donors (Lipinski definition) is 0. The number of rotatable bonds is 2. The van der Waals surface area contributed by atoms with Crippen molar-refractivity contribution in [2.24, 2.45) is 17.3 Å². The van der Waals surface area contributed by atoms with Gasteiger partial charge in [-0.15, -0.1) is 0 Å². The molecule has 0 amide bonds. The minimum absolute atomic E-state index is 0.0676. The van der Waals surface area contributed by atoms with Gasteiger partial charge < -0.3 is 0 Å². The average Bonchev–Trinajstić information content (AvgIpc) is 3.02. The van der Waals surface area contributed by atoms with Crippen LogP contribution in [0.5, 0.6) is 0 Å². The lowest BCUT2D eigenvalue weighted by atomic mass is 9.55. The highest BCUT2D eigenvalue weighted by atomic mass is 16.1. The van der Waals surface area contributed by atoms with E-state index in [0.29, 0.717) is 23.5 Å². The van der Waals surface area contributed by atoms with Gasteiger partial charge in [0.15, 0.2) is 5.78 Å². The van der Waals surface area contributed by atoms with Crippen LogP contribution in [-0.4, -0.2) is 11.6 Å². The fraction of sp³-hybridized carbons (Fsp3) is 0.440. The van der Waals surface area contributed by atoms with Gasteiger partial charge in [-0.3, -0.25) is 9.59 Å². The molecular weight excluding hydrogens is 332 g/mol. The molecular formula is C25H26O2. The molecule has 3 aliphatic carbocycles. The zero-order chi connectivity index (χ0) is 18.6. The fourth-order valence-electron chi connectivity index (χ4n) is 6.25. The van der Waals surface area contributed by atoms with E-state index in [4.69, 9.17) is 0 Å². The molecule has 0 aliphatic heterocycles. The van der Waals surface area contributed by atoms with Crippen molar-refractivity contribution in [2.45, 2.75) is 51.4 Å². The second-order valence-electron chi connectivity index (χ2n) is 8.94. The third-order valence-electron chi connectivity index (χ3n) is 7.73. The van der Waals surface area contributed by atoms with Crippen LogP contribution in [0.2, 0.25) is 0 Å². The summed E-state index contributed by atoms with van der Waals surface area (Å²) < 4.78 is 0. The van der Waals surface area contributed by atoms with Crippen LogP contribution in [0.3, 0.4) is 0 Å². The van der Waals surface area contributed by atoms with Crippen molar-refractivity contribution in [3.8, 4) is 0 Å². The summed E-state index contributed by atoms with van der Waals surface area (Å²) in [6, 6.07) is 15.9. The first-order valence-electron chi connectivity index (χ1n) is 10.3. The summed E-state index contributed by atoms with van der Waals surface area (Å²) in [6.07, 6.45) is 6.20. The van der Waals surface area contributed by atoms with Crippen molar-refractivity contribution in [2.75, 3.05) is 0 Å². The second kappa shape index (κ2) is 6.15. The number of carbonyl (C=O) groups is 2. The molecule has 0 bridgehead atoms. The molecule has 3 aliphatic rings. The lowest BCUT2D eigenvalue weighted by Crippen LogP contribution is -2.42. The molecule has 138 valence electrons. The molecule has 2 nitrogen and oxygen atoms in total. The molecule has 4 atom stereocenters. The highest BCUT2D eigenvalue weighted by molar-refractivity contribution is 6.09. The zero-order valence-corrected chi connectivity index (χ0v) is 15.9. The Balaban J connectivity index is 1.46. The predicted molar refractivity (Wildman–Crippen MR) is 106 cm³/mol. The lowest BCUT2D eigenvalue weighted by molar-refractivity contribution is -0.129. The summed E-state index contributed by atoms with van der Waals surface area (Å²) in [5.74, 6) is 2.37. The molecule has 2 aromatic carbocycles. The zero-order valence-electron chi connectivity index (χ0n) is 15.9. The van der Waals surface area contributed by atoms with E-state index in [2.05, 4.69) is 19.1 Å². The third-order valence-corrected chi connectivity index (χ3v) is 7.73. The van der Waals surface area contributed by atoms with E-state index in [1.54, 1.807) is 0 Å². The fourth-order valence-corrected chi connectivity index (χ4v) is 6.25. The first-order chi connectivity index (χ1) is 13.1. The summed E-state index contributed by atoms with van der Waals surface area (Å²) in [7, 11) is 0. The average molecular weight is 358 g/mol. The van der Waals surface area contributed by atoms with Crippen LogP contribution in [0.15, 0.2) is 48.5 Å². The molecule has 0 spiro atoms. The standard InChI is InChI=1S/C25H26O2/c1-25-14-13-20-19-9-8-18(24(27)16-5-3-2-4-6-16)15-17(19)7-10-21(20)22(25)11-12-23(25)26/h2-6,8-9,15,20-22H,7,10-14H2,1H3/t20-,21-,22+,25+/m1/s1. The highest BCUT2D eigenvalue weighted by Crippen LogP contribution is 2.59. The number of aryl methyl sites for hydroxylation is 1. The third kappa shape index (κ3) is 2.53. The number of Topliss-reactive ketones (excluding diaryl/α,β-unsaturated/α-hetero) is 1. The van der Waals surface area contributed by atoms with Crippen LogP contribution in [0.1, 0.15) is 72.0 Å². The van der Waals surface area contributed by atoms with Crippen molar-refractivity contribution in [3.63, 3.8) is 0 Å². The van der Waals surface area contributed by atoms with Crippen LogP contribution in [0.4, 0.5) is 0 Å². The minimum atomic E-state index is -0.0676. The lowest BCUT2D eigenvalue weighted by Gasteiger charge is -2.48. The molecule has 2 aromatic rings. The quantitative estimate of drug-likeness (QED) is 0.679. The van der Waals surface area contributed by atoms with Gasteiger partial charge in [-0.1, -0.05) is 49.4 Å². The van der Waals surface area contributed by atoms with Crippen LogP contribution < -0.4 is 0 Å². The first kappa shape index (κ1) is 16.9. The van der Waals surface area contributed by atoms with Crippen molar-refractivity contribution in [3.05, 3.63) is 70.8 Å². The van der Waals surface area contributed by atoms with Gasteiger partial charge in [-0.25, -0.2) is 0 Å². The minimum Gasteiger partial charge on any atom is -0.299 e. The molecule has 2 fully saturated rings. The largest absolute Gasteiger partial charge is 0.299 e. The number of benzene rings is 2. The topological polar surface area (TPSA) is 34.1 Å². The normalized spacial score (nSPS) is 31.7. The van der Waals surface area contributed by atoms with Crippen LogP contribution >= 0.6 is 0 Å². The van der Waals surface area contributed by atoms with Gasteiger partial charge in [0, 0.05) is 23.0 Å². The maximum absolute atomic E-state index is 12.8. The van der Waals surface area contributed by atoms with Gasteiger partial charge in [0.1, 0.15) is 5.78 Å². The summed E-state index contributed by atoms with van der Waals surface area (Å²) in [5.41, 5.74) is 4.28. The molecule has 2 saturated carbocycles. The summed E-state index contributed by atoms with van der Waals surface area (Å²) >= 11 is 0. The predicted octanol–water partition coefficient (Wildman–Crippen LogP) is 5.34. The Bertz CT molecular complexity index is 913. The van der Waals surface area contributed by atoms with Gasteiger partial charge in [0.2, 0.25) is 0 Å². The summed E-state index contributed by atoms with van der Waals surface area (Å²) in [6.45, 7) is 2.22. The van der Waals surface area contributed by atoms with E-state index in [-0.39, 0.29) is 11.2 Å². The van der Waals surface area contributed by atoms with Gasteiger partial charge in [0.05, 0.1) is 0 Å². The molecule has 0 saturated heterocycles. The van der Waals surface area contributed by atoms with Crippen LogP contribution in [0, 0.1) is 17.3 Å². The smallest absolute Gasteiger partial charge is 0.193 e. The first-order valence-corrected chi connectivity index (χ1v) is 10.3. The summed E-state index contributed by atoms with van der Waals surface area (Å²) in [5, 5.41) is 0. The van der Waals surface area contributed by atoms with Crippen molar-refractivity contribution in [1.82, 2.24) is 0 Å². The van der Waals surface area contributed by atoms with Crippen molar-refractivity contribution in [1.29, 1.82) is 0 Å². The van der Waals surface area contributed by atoms with Crippen LogP contribution in [-0.2, 0) is 11.2 Å². The van der Waals surface area contributed by atoms with Gasteiger partial charge in [0.25, 0.3) is 0 Å². The monoisotopic (exact) mass is 358 g/mol. The van der Waals surface area contributed by atoms with E-state index in [0.717, 1.165) is 49.7 Å². The van der Waals surface area contributed by atoms with Crippen molar-refractivity contribution < 1.29 is 9.59 Å². The van der Waals surface area contributed by atoms with Gasteiger partial charge in [-0.2, -0.15) is 0 Å². The molecule has 0 heterocycles. The van der Waals surface area contributed by atoms with Crippen LogP contribution in [0.25, 0.3) is 0 Å². The van der Waals surface area contributed by atoms with Crippen molar-refractivity contribution >= 4 is 11.6 Å². The molecule has 2 heteroatoms. The summed E-state index contributed by atoms with van der Waals surface area (Å²) in [4.78, 5) is 25.3. The number of hydrogen-bond acceptors (Lipinski definition) is 2. The molecule has 0 radical (unpaired) electrons. The Labute approximate surface area is 161 Å². The second-order valence-corrected chi connectivity index (χ2v) is 8.94. The Morgan fingerprint density at radius 3 is 2.59 bits per heavy atom. The Morgan fingerprint density at radius 1 is 0.963 bits per heavy atom. The van der Waals surface area contributed by atoms with E-state index >= 15 is 0 Å². The maximum atomic E-state index is 12.8. The number of carbonyl (C=O) groups excluding carboxylic acids is 2. The van der Waals surface area contributed by atoms with E-state index < -0.39 is 0 Å². The highest BCUT2D eigenvalue weighted by Gasteiger charge is 2.54. The molecule has 0 N–H and O–H groups in total. The molecule has 5 rings (SSSR count). The molecule has 0 aromatic heterocycles. The Kier molecular flexibility index (Phi) is 3.86. The van der Waals surface area contributed by atoms with E-state index in [9.17, 15) is 9.59 Å². The molecule has 0 unspecified atom stereocenters.